The summed E-state index contributed by atoms with van der Waals surface area (Å²) in [5.41, 5.74) is 5.52. The van der Waals surface area contributed by atoms with Gasteiger partial charge in [0.15, 0.2) is 0 Å². The Kier molecular flexibility index (Phi) is 3.55. The van der Waals surface area contributed by atoms with Gasteiger partial charge in [-0.05, 0) is 24.2 Å². The lowest BCUT2D eigenvalue weighted by Crippen LogP contribution is -2.34. The lowest BCUT2D eigenvalue weighted by molar-refractivity contribution is -0.120. The molecule has 0 heterocycles. The van der Waals surface area contributed by atoms with E-state index in [1.165, 1.54) is 12.8 Å². The summed E-state index contributed by atoms with van der Waals surface area (Å²) in [4.78, 5) is 11.3. The van der Waals surface area contributed by atoms with Crippen molar-refractivity contribution < 1.29 is 10.0 Å². The van der Waals surface area contributed by atoms with Crippen LogP contribution in [-0.2, 0) is 4.79 Å². The number of carbonyl (C=O) groups excluding carboxylic acids is 1. The number of hydrogen-bond acceptors (Lipinski definition) is 3. The van der Waals surface area contributed by atoms with Crippen LogP contribution in [-0.4, -0.2) is 23.5 Å². The van der Waals surface area contributed by atoms with Gasteiger partial charge in [0.05, 0.1) is 6.42 Å². The minimum Gasteiger partial charge on any atom is -0.409 e. The fraction of sp³-hybridized carbons (Fsp3) is 0.800. The highest BCUT2D eigenvalue weighted by Gasteiger charge is 2.45. The van der Waals surface area contributed by atoms with Gasteiger partial charge < -0.3 is 16.3 Å². The SMILES string of the molecule is CC(C)C1(CNC(=O)CC(N)=NO)CC1. The summed E-state index contributed by atoms with van der Waals surface area (Å²) < 4.78 is 0. The van der Waals surface area contributed by atoms with Crippen molar-refractivity contribution in [1.29, 1.82) is 0 Å². The second-order valence-corrected chi connectivity index (χ2v) is 4.56. The average molecular weight is 213 g/mol. The van der Waals surface area contributed by atoms with Crippen molar-refractivity contribution >= 4 is 11.7 Å². The highest BCUT2D eigenvalue weighted by molar-refractivity contribution is 5.98. The van der Waals surface area contributed by atoms with E-state index >= 15 is 0 Å². The van der Waals surface area contributed by atoms with E-state index in [9.17, 15) is 4.79 Å². The minimum absolute atomic E-state index is 0.0370. The highest BCUT2D eigenvalue weighted by Crippen LogP contribution is 2.51. The maximum absolute atomic E-state index is 11.3. The van der Waals surface area contributed by atoms with E-state index in [1.54, 1.807) is 0 Å². The summed E-state index contributed by atoms with van der Waals surface area (Å²) in [6.45, 7) is 5.04. The van der Waals surface area contributed by atoms with E-state index in [1.807, 2.05) is 0 Å². The summed E-state index contributed by atoms with van der Waals surface area (Å²) in [6, 6.07) is 0. The van der Waals surface area contributed by atoms with E-state index in [2.05, 4.69) is 24.3 Å². The molecule has 1 saturated carbocycles. The number of rotatable bonds is 5. The van der Waals surface area contributed by atoms with Crippen molar-refractivity contribution in [3.63, 3.8) is 0 Å². The Labute approximate surface area is 89.7 Å². The van der Waals surface area contributed by atoms with Gasteiger partial charge in [0.1, 0.15) is 5.84 Å². The number of amides is 1. The van der Waals surface area contributed by atoms with Gasteiger partial charge in [0, 0.05) is 6.54 Å². The molecule has 0 saturated heterocycles. The first kappa shape index (κ1) is 11.8. The summed E-state index contributed by atoms with van der Waals surface area (Å²) in [5, 5.41) is 13.9. The monoisotopic (exact) mass is 213 g/mol. The van der Waals surface area contributed by atoms with Crippen molar-refractivity contribution in [2.75, 3.05) is 6.54 Å². The third kappa shape index (κ3) is 3.11. The third-order valence-corrected chi connectivity index (χ3v) is 3.22. The Hall–Kier alpha value is -1.26. The molecule has 0 unspecified atom stereocenters. The molecule has 15 heavy (non-hydrogen) atoms. The van der Waals surface area contributed by atoms with E-state index in [-0.39, 0.29) is 18.2 Å². The van der Waals surface area contributed by atoms with Crippen molar-refractivity contribution in [2.24, 2.45) is 22.2 Å². The number of nitrogens with one attached hydrogen (secondary N) is 1. The number of nitrogens with zero attached hydrogens (tertiary/aromatic N) is 1. The molecular formula is C10H19N3O2. The van der Waals surface area contributed by atoms with Gasteiger partial charge in [-0.3, -0.25) is 4.79 Å². The first-order valence-electron chi connectivity index (χ1n) is 5.23. The third-order valence-electron chi connectivity index (χ3n) is 3.22. The van der Waals surface area contributed by atoms with Crippen molar-refractivity contribution in [1.82, 2.24) is 5.32 Å². The molecule has 1 aliphatic rings. The quantitative estimate of drug-likeness (QED) is 0.271. The van der Waals surface area contributed by atoms with Crippen molar-refractivity contribution in [3.05, 3.63) is 0 Å². The summed E-state index contributed by atoms with van der Waals surface area (Å²) >= 11 is 0. The maximum Gasteiger partial charge on any atom is 0.227 e. The molecule has 0 aliphatic heterocycles. The van der Waals surface area contributed by atoms with Gasteiger partial charge in [0.25, 0.3) is 0 Å². The van der Waals surface area contributed by atoms with Gasteiger partial charge in [0.2, 0.25) is 5.91 Å². The molecule has 0 aromatic rings. The first-order valence-corrected chi connectivity index (χ1v) is 5.23. The van der Waals surface area contributed by atoms with E-state index in [0.29, 0.717) is 17.9 Å². The molecule has 4 N–H and O–H groups in total. The number of nitrogens with two attached hydrogens (primary N) is 1. The lowest BCUT2D eigenvalue weighted by atomic mass is 9.92. The zero-order valence-electron chi connectivity index (χ0n) is 9.29. The molecule has 86 valence electrons. The van der Waals surface area contributed by atoms with Gasteiger partial charge >= 0.3 is 0 Å². The number of amidine groups is 1. The van der Waals surface area contributed by atoms with E-state index in [4.69, 9.17) is 10.9 Å². The predicted molar refractivity (Wildman–Crippen MR) is 57.5 cm³/mol. The molecule has 1 amide bonds. The molecule has 0 spiro atoms. The molecule has 1 rings (SSSR count). The normalized spacial score (nSPS) is 19.0. The standard InChI is InChI=1S/C10H19N3O2/c1-7(2)10(3-4-10)6-12-9(14)5-8(11)13-15/h7,15H,3-6H2,1-2H3,(H2,11,13)(H,12,14). The largest absolute Gasteiger partial charge is 0.409 e. The van der Waals surface area contributed by atoms with Crippen molar-refractivity contribution in [2.45, 2.75) is 33.1 Å². The predicted octanol–water partition coefficient (Wildman–Crippen LogP) is 0.675. The summed E-state index contributed by atoms with van der Waals surface area (Å²) in [7, 11) is 0. The minimum atomic E-state index is -0.183. The molecule has 0 atom stereocenters. The molecule has 0 bridgehead atoms. The molecule has 0 aromatic carbocycles. The number of hydrogen-bond donors (Lipinski definition) is 3. The van der Waals surface area contributed by atoms with Crippen LogP contribution in [0.3, 0.4) is 0 Å². The Morgan fingerprint density at radius 3 is 2.60 bits per heavy atom. The van der Waals surface area contributed by atoms with Gasteiger partial charge in [-0.2, -0.15) is 0 Å². The summed E-state index contributed by atoms with van der Waals surface area (Å²) in [6.07, 6.45) is 2.31. The zero-order valence-corrected chi connectivity index (χ0v) is 9.29. The van der Waals surface area contributed by atoms with E-state index < -0.39 is 0 Å². The number of oxime groups is 1. The Balaban J connectivity index is 2.29. The van der Waals surface area contributed by atoms with Gasteiger partial charge in [-0.1, -0.05) is 19.0 Å². The molecule has 1 fully saturated rings. The average Bonchev–Trinajstić information content (AvgIpc) is 2.95. The Bertz CT molecular complexity index is 270. The maximum atomic E-state index is 11.3. The van der Waals surface area contributed by atoms with Gasteiger partial charge in [-0.15, -0.1) is 0 Å². The fourth-order valence-corrected chi connectivity index (χ4v) is 1.66. The summed E-state index contributed by atoms with van der Waals surface area (Å²) in [5.74, 6) is 0.348. The number of carbonyl (C=O) groups is 1. The van der Waals surface area contributed by atoms with Crippen LogP contribution < -0.4 is 11.1 Å². The topological polar surface area (TPSA) is 87.7 Å². The van der Waals surface area contributed by atoms with Crippen LogP contribution in [0, 0.1) is 11.3 Å². The van der Waals surface area contributed by atoms with Gasteiger partial charge in [-0.25, -0.2) is 0 Å². The second kappa shape index (κ2) is 4.51. The van der Waals surface area contributed by atoms with Crippen LogP contribution in [0.25, 0.3) is 0 Å². The van der Waals surface area contributed by atoms with Crippen LogP contribution in [0.4, 0.5) is 0 Å². The first-order chi connectivity index (χ1) is 7.00. The molecule has 5 nitrogen and oxygen atoms in total. The second-order valence-electron chi connectivity index (χ2n) is 4.56. The smallest absolute Gasteiger partial charge is 0.227 e. The molecule has 5 heteroatoms. The van der Waals surface area contributed by atoms with Crippen molar-refractivity contribution in [3.8, 4) is 0 Å². The highest BCUT2D eigenvalue weighted by atomic mass is 16.4. The molecular weight excluding hydrogens is 194 g/mol. The Morgan fingerprint density at radius 1 is 1.60 bits per heavy atom. The van der Waals surface area contributed by atoms with E-state index in [0.717, 1.165) is 0 Å². The fourth-order valence-electron chi connectivity index (χ4n) is 1.66. The Morgan fingerprint density at radius 2 is 2.20 bits per heavy atom. The van der Waals surface area contributed by atoms with Crippen LogP contribution in [0.1, 0.15) is 33.1 Å². The van der Waals surface area contributed by atoms with Crippen LogP contribution >= 0.6 is 0 Å². The zero-order chi connectivity index (χ0) is 11.5. The molecule has 0 radical (unpaired) electrons. The van der Waals surface area contributed by atoms with Crippen LogP contribution in [0.2, 0.25) is 0 Å². The molecule has 1 aliphatic carbocycles. The van der Waals surface area contributed by atoms with Crippen LogP contribution in [0.5, 0.6) is 0 Å². The lowest BCUT2D eigenvalue weighted by Gasteiger charge is -2.19. The molecule has 0 aromatic heterocycles. The van der Waals surface area contributed by atoms with Crippen LogP contribution in [0.15, 0.2) is 5.16 Å².